The van der Waals surface area contributed by atoms with E-state index in [0.29, 0.717) is 23.7 Å². The molecule has 1 aromatic carbocycles. The monoisotopic (exact) mass is 268 g/mol. The molecule has 7 heteroatoms. The van der Waals surface area contributed by atoms with Crippen LogP contribution in [0.3, 0.4) is 0 Å². The molecule has 0 saturated heterocycles. The van der Waals surface area contributed by atoms with Crippen LogP contribution in [0.25, 0.3) is 0 Å². The van der Waals surface area contributed by atoms with E-state index in [4.69, 9.17) is 20.3 Å². The van der Waals surface area contributed by atoms with Gasteiger partial charge in [0.1, 0.15) is 0 Å². The highest BCUT2D eigenvalue weighted by atomic mass is 16.5. The fourth-order valence-electron chi connectivity index (χ4n) is 1.36. The van der Waals surface area contributed by atoms with Crippen LogP contribution in [0.4, 0.5) is 4.79 Å². The maximum absolute atomic E-state index is 11.2. The number of hydrogen-bond acceptors (Lipinski definition) is 5. The van der Waals surface area contributed by atoms with Crippen molar-refractivity contribution >= 4 is 11.9 Å². The summed E-state index contributed by atoms with van der Waals surface area (Å²) in [6, 6.07) is 3.90. The molecule has 0 aliphatic heterocycles. The zero-order valence-electron chi connectivity index (χ0n) is 10.5. The van der Waals surface area contributed by atoms with E-state index in [1.165, 1.54) is 0 Å². The molecule has 1 aromatic rings. The average molecular weight is 268 g/mol. The van der Waals surface area contributed by atoms with Gasteiger partial charge in [-0.15, -0.1) is 0 Å². The molecule has 0 saturated carbocycles. The second-order valence-corrected chi connectivity index (χ2v) is 3.57. The average Bonchev–Trinajstić information content (AvgIpc) is 2.36. The molecule has 19 heavy (non-hydrogen) atoms. The van der Waals surface area contributed by atoms with Crippen LogP contribution >= 0.6 is 0 Å². The summed E-state index contributed by atoms with van der Waals surface area (Å²) in [5, 5.41) is 10.9. The Morgan fingerprint density at radius 3 is 2.63 bits per heavy atom. The number of ether oxygens (including phenoxy) is 2. The number of primary amides is 1. The Balaban J connectivity index is 2.71. The number of carbonyl (C=O) groups excluding carboxylic acids is 2. The summed E-state index contributed by atoms with van der Waals surface area (Å²) in [4.78, 5) is 21.7. The number of carbonyl (C=O) groups is 2. The SMILES string of the molecule is CCOc1cc(CO)ccc1OCC(=O)NC(N)=O. The van der Waals surface area contributed by atoms with E-state index in [1.54, 1.807) is 25.1 Å². The minimum absolute atomic E-state index is 0.123. The number of hydrogen-bond donors (Lipinski definition) is 3. The predicted octanol–water partition coefficient (Wildman–Crippen LogP) is 0.151. The summed E-state index contributed by atoms with van der Waals surface area (Å²) >= 11 is 0. The lowest BCUT2D eigenvalue weighted by atomic mass is 10.2. The van der Waals surface area contributed by atoms with Crippen molar-refractivity contribution in [2.45, 2.75) is 13.5 Å². The van der Waals surface area contributed by atoms with Gasteiger partial charge >= 0.3 is 6.03 Å². The van der Waals surface area contributed by atoms with Crippen LogP contribution in [0.15, 0.2) is 18.2 Å². The summed E-state index contributed by atoms with van der Waals surface area (Å²) in [5.41, 5.74) is 5.46. The lowest BCUT2D eigenvalue weighted by Crippen LogP contribution is -2.38. The van der Waals surface area contributed by atoms with Crippen LogP contribution in [-0.4, -0.2) is 30.3 Å². The minimum Gasteiger partial charge on any atom is -0.490 e. The summed E-state index contributed by atoms with van der Waals surface area (Å²) in [5.74, 6) is 0.112. The van der Waals surface area contributed by atoms with E-state index < -0.39 is 11.9 Å². The number of amides is 3. The molecule has 0 unspecified atom stereocenters. The van der Waals surface area contributed by atoms with Gasteiger partial charge in [0, 0.05) is 0 Å². The Bertz CT molecular complexity index is 461. The molecule has 3 amide bonds. The molecule has 0 radical (unpaired) electrons. The zero-order valence-corrected chi connectivity index (χ0v) is 10.5. The van der Waals surface area contributed by atoms with Gasteiger partial charge in [-0.3, -0.25) is 10.1 Å². The first-order valence-electron chi connectivity index (χ1n) is 5.65. The van der Waals surface area contributed by atoms with E-state index in [9.17, 15) is 9.59 Å². The molecule has 0 spiro atoms. The van der Waals surface area contributed by atoms with Crippen molar-refractivity contribution in [3.8, 4) is 11.5 Å². The molecular formula is C12H16N2O5. The molecule has 0 bridgehead atoms. The second-order valence-electron chi connectivity index (χ2n) is 3.57. The number of nitrogens with two attached hydrogens (primary N) is 1. The first kappa shape index (κ1) is 14.8. The van der Waals surface area contributed by atoms with Crippen LogP contribution in [0.1, 0.15) is 12.5 Å². The Kier molecular flexibility index (Phi) is 5.62. The van der Waals surface area contributed by atoms with Gasteiger partial charge < -0.3 is 20.3 Å². The van der Waals surface area contributed by atoms with E-state index in [-0.39, 0.29) is 13.2 Å². The minimum atomic E-state index is -0.936. The van der Waals surface area contributed by atoms with Gasteiger partial charge in [0.25, 0.3) is 5.91 Å². The maximum Gasteiger partial charge on any atom is 0.318 e. The van der Waals surface area contributed by atoms with Crippen LogP contribution in [0.5, 0.6) is 11.5 Å². The van der Waals surface area contributed by atoms with Crippen molar-refractivity contribution in [2.75, 3.05) is 13.2 Å². The van der Waals surface area contributed by atoms with Crippen LogP contribution in [0.2, 0.25) is 0 Å². The van der Waals surface area contributed by atoms with Gasteiger partial charge in [-0.2, -0.15) is 0 Å². The summed E-state index contributed by atoms with van der Waals surface area (Å²) in [6.07, 6.45) is 0. The summed E-state index contributed by atoms with van der Waals surface area (Å²) in [7, 11) is 0. The van der Waals surface area contributed by atoms with Crippen molar-refractivity contribution in [1.29, 1.82) is 0 Å². The molecule has 0 heterocycles. The second kappa shape index (κ2) is 7.22. The molecule has 4 N–H and O–H groups in total. The number of urea groups is 1. The Labute approximate surface area is 110 Å². The van der Waals surface area contributed by atoms with Crippen LogP contribution < -0.4 is 20.5 Å². The highest BCUT2D eigenvalue weighted by Gasteiger charge is 2.10. The smallest absolute Gasteiger partial charge is 0.318 e. The quantitative estimate of drug-likeness (QED) is 0.680. The number of rotatable bonds is 6. The number of imide groups is 1. The normalized spacial score (nSPS) is 9.79. The number of aliphatic hydroxyl groups excluding tert-OH is 1. The fraction of sp³-hybridized carbons (Fsp3) is 0.333. The molecule has 0 fully saturated rings. The van der Waals surface area contributed by atoms with Crippen molar-refractivity contribution in [3.63, 3.8) is 0 Å². The van der Waals surface area contributed by atoms with Crippen molar-refractivity contribution in [3.05, 3.63) is 23.8 Å². The van der Waals surface area contributed by atoms with Gasteiger partial charge in [0.05, 0.1) is 13.2 Å². The van der Waals surface area contributed by atoms with Gasteiger partial charge in [-0.1, -0.05) is 6.07 Å². The first-order valence-corrected chi connectivity index (χ1v) is 5.65. The molecule has 0 aromatic heterocycles. The largest absolute Gasteiger partial charge is 0.490 e. The van der Waals surface area contributed by atoms with Crippen molar-refractivity contribution < 1.29 is 24.2 Å². The van der Waals surface area contributed by atoms with Crippen LogP contribution in [0, 0.1) is 0 Å². The van der Waals surface area contributed by atoms with Gasteiger partial charge in [0.15, 0.2) is 18.1 Å². The maximum atomic E-state index is 11.2. The van der Waals surface area contributed by atoms with Crippen LogP contribution in [-0.2, 0) is 11.4 Å². The van der Waals surface area contributed by atoms with E-state index in [1.807, 2.05) is 5.32 Å². The molecule has 104 valence electrons. The molecule has 7 nitrogen and oxygen atoms in total. The molecule has 0 atom stereocenters. The summed E-state index contributed by atoms with van der Waals surface area (Å²) in [6.45, 7) is 1.73. The lowest BCUT2D eigenvalue weighted by molar-refractivity contribution is -0.121. The topological polar surface area (TPSA) is 111 Å². The Morgan fingerprint density at radius 1 is 1.32 bits per heavy atom. The fourth-order valence-corrected chi connectivity index (χ4v) is 1.36. The molecule has 0 aliphatic carbocycles. The number of benzene rings is 1. The molecule has 1 rings (SSSR count). The van der Waals surface area contributed by atoms with E-state index >= 15 is 0 Å². The first-order chi connectivity index (χ1) is 9.06. The van der Waals surface area contributed by atoms with Crippen molar-refractivity contribution in [1.82, 2.24) is 5.32 Å². The molecule has 0 aliphatic rings. The number of nitrogens with one attached hydrogen (secondary N) is 1. The highest BCUT2D eigenvalue weighted by Crippen LogP contribution is 2.28. The van der Waals surface area contributed by atoms with Crippen molar-refractivity contribution in [2.24, 2.45) is 5.73 Å². The third-order valence-electron chi connectivity index (χ3n) is 2.11. The number of aliphatic hydroxyl groups is 1. The Hall–Kier alpha value is -2.28. The highest BCUT2D eigenvalue weighted by molar-refractivity contribution is 5.94. The van der Waals surface area contributed by atoms with E-state index in [0.717, 1.165) is 0 Å². The summed E-state index contributed by atoms with van der Waals surface area (Å²) < 4.78 is 10.6. The standard InChI is InChI=1S/C12H16N2O5/c1-2-18-10-5-8(6-15)3-4-9(10)19-7-11(16)14-12(13)17/h3-5,15H,2,6-7H2,1H3,(H3,13,14,16,17). The van der Waals surface area contributed by atoms with E-state index in [2.05, 4.69) is 0 Å². The van der Waals surface area contributed by atoms with Gasteiger partial charge in [0.2, 0.25) is 0 Å². The van der Waals surface area contributed by atoms with Gasteiger partial charge in [-0.25, -0.2) is 4.79 Å². The third-order valence-corrected chi connectivity index (χ3v) is 2.11. The zero-order chi connectivity index (χ0) is 14.3. The lowest BCUT2D eigenvalue weighted by Gasteiger charge is -2.12. The van der Waals surface area contributed by atoms with Gasteiger partial charge in [-0.05, 0) is 24.6 Å². The predicted molar refractivity (Wildman–Crippen MR) is 66.8 cm³/mol. The third kappa shape index (κ3) is 4.84. The Morgan fingerprint density at radius 2 is 2.05 bits per heavy atom. The molecular weight excluding hydrogens is 252 g/mol.